The van der Waals surface area contributed by atoms with E-state index in [0.717, 1.165) is 5.69 Å². The molecule has 0 saturated heterocycles. The van der Waals surface area contributed by atoms with Crippen LogP contribution in [0.25, 0.3) is 5.69 Å². The van der Waals surface area contributed by atoms with Crippen LogP contribution >= 0.6 is 0 Å². The lowest BCUT2D eigenvalue weighted by molar-refractivity contribution is 0.102. The van der Waals surface area contributed by atoms with Gasteiger partial charge in [0.15, 0.2) is 5.69 Å². The highest BCUT2D eigenvalue weighted by Crippen LogP contribution is 2.19. The number of nitrogens with zero attached hydrogens (tertiary/aromatic N) is 3. The maximum absolute atomic E-state index is 13.7. The average Bonchev–Trinajstić information content (AvgIpc) is 2.98. The van der Waals surface area contributed by atoms with Gasteiger partial charge in [-0.15, -0.1) is 5.10 Å². The van der Waals surface area contributed by atoms with Crippen LogP contribution in [0.15, 0.2) is 48.5 Å². The van der Waals surface area contributed by atoms with Crippen LogP contribution in [0.4, 0.5) is 10.1 Å². The lowest BCUT2D eigenvalue weighted by Crippen LogP contribution is -2.15. The summed E-state index contributed by atoms with van der Waals surface area (Å²) in [5.41, 5.74) is 2.91. The van der Waals surface area contributed by atoms with E-state index < -0.39 is 11.7 Å². The largest absolute Gasteiger partial charge is 0.318 e. The van der Waals surface area contributed by atoms with E-state index in [1.54, 1.807) is 23.7 Å². The molecule has 1 N–H and O–H groups in total. The summed E-state index contributed by atoms with van der Waals surface area (Å²) in [6.07, 6.45) is 0. The number of hydrogen-bond acceptors (Lipinski definition) is 3. The predicted molar refractivity (Wildman–Crippen MR) is 94.5 cm³/mol. The van der Waals surface area contributed by atoms with Gasteiger partial charge in [-0.25, -0.2) is 9.07 Å². The summed E-state index contributed by atoms with van der Waals surface area (Å²) in [4.78, 5) is 12.4. The second-order valence-corrected chi connectivity index (χ2v) is 6.12. The van der Waals surface area contributed by atoms with Crippen LogP contribution in [0.3, 0.4) is 0 Å². The first-order valence-electron chi connectivity index (χ1n) is 8.06. The molecule has 0 fully saturated rings. The van der Waals surface area contributed by atoms with Crippen LogP contribution in [0, 0.1) is 12.7 Å². The molecule has 5 nitrogen and oxygen atoms in total. The second-order valence-electron chi connectivity index (χ2n) is 6.12. The molecule has 0 bridgehead atoms. The van der Waals surface area contributed by atoms with Crippen molar-refractivity contribution in [2.45, 2.75) is 26.7 Å². The van der Waals surface area contributed by atoms with E-state index in [-0.39, 0.29) is 11.4 Å². The first kappa shape index (κ1) is 16.8. The highest BCUT2D eigenvalue weighted by atomic mass is 19.1. The van der Waals surface area contributed by atoms with Crippen molar-refractivity contribution in [2.24, 2.45) is 0 Å². The number of rotatable bonds is 4. The molecule has 2 aromatic carbocycles. The number of nitrogens with one attached hydrogen (secondary N) is 1. The highest BCUT2D eigenvalue weighted by molar-refractivity contribution is 6.03. The maximum Gasteiger partial charge on any atom is 0.278 e. The molecule has 1 aromatic heterocycles. The van der Waals surface area contributed by atoms with Crippen molar-refractivity contribution in [3.05, 3.63) is 71.3 Å². The van der Waals surface area contributed by atoms with E-state index in [2.05, 4.69) is 29.5 Å². The third kappa shape index (κ3) is 3.42. The minimum Gasteiger partial charge on any atom is -0.318 e. The number of para-hydroxylation sites is 1. The van der Waals surface area contributed by atoms with Crippen LogP contribution in [-0.2, 0) is 0 Å². The van der Waals surface area contributed by atoms with Gasteiger partial charge in [0.25, 0.3) is 5.91 Å². The van der Waals surface area contributed by atoms with E-state index >= 15 is 0 Å². The molecule has 128 valence electrons. The Bertz CT molecular complexity index is 900. The number of carbonyl (C=O) groups excluding carboxylic acids is 1. The summed E-state index contributed by atoms with van der Waals surface area (Å²) in [5.74, 6) is -0.550. The fourth-order valence-corrected chi connectivity index (χ4v) is 2.53. The zero-order valence-corrected chi connectivity index (χ0v) is 14.3. The summed E-state index contributed by atoms with van der Waals surface area (Å²) in [5, 5.41) is 10.5. The van der Waals surface area contributed by atoms with Gasteiger partial charge in [-0.1, -0.05) is 43.3 Å². The van der Waals surface area contributed by atoms with E-state index in [9.17, 15) is 9.18 Å². The van der Waals surface area contributed by atoms with E-state index in [0.29, 0.717) is 11.6 Å². The van der Waals surface area contributed by atoms with Gasteiger partial charge in [0.05, 0.1) is 17.1 Å². The standard InChI is InChI=1S/C19H19FN4O/c1-12(2)14-8-10-15(11-9-14)24-13(3)18(22-23-24)19(25)21-17-7-5-4-6-16(17)20/h4-12H,1-3H3,(H,21,25). The van der Waals surface area contributed by atoms with E-state index in [1.165, 1.54) is 17.7 Å². The van der Waals surface area contributed by atoms with Gasteiger partial charge in [-0.05, 0) is 42.7 Å². The Kier molecular flexibility index (Phi) is 4.61. The topological polar surface area (TPSA) is 59.8 Å². The lowest BCUT2D eigenvalue weighted by atomic mass is 10.0. The average molecular weight is 338 g/mol. The van der Waals surface area contributed by atoms with Crippen LogP contribution in [-0.4, -0.2) is 20.9 Å². The quantitative estimate of drug-likeness (QED) is 0.779. The predicted octanol–water partition coefficient (Wildman–Crippen LogP) is 4.09. The molecule has 0 atom stereocenters. The molecular weight excluding hydrogens is 319 g/mol. The Balaban J connectivity index is 1.85. The summed E-state index contributed by atoms with van der Waals surface area (Å²) < 4.78 is 15.3. The van der Waals surface area contributed by atoms with Gasteiger partial charge in [-0.3, -0.25) is 4.79 Å². The van der Waals surface area contributed by atoms with Crippen molar-refractivity contribution in [3.8, 4) is 5.69 Å². The summed E-state index contributed by atoms with van der Waals surface area (Å²) >= 11 is 0. The van der Waals surface area contributed by atoms with Crippen molar-refractivity contribution in [1.29, 1.82) is 0 Å². The van der Waals surface area contributed by atoms with Gasteiger partial charge in [0.1, 0.15) is 5.82 Å². The Morgan fingerprint density at radius 3 is 2.44 bits per heavy atom. The molecule has 0 aliphatic rings. The fraction of sp³-hybridized carbons (Fsp3) is 0.211. The van der Waals surface area contributed by atoms with Crippen molar-refractivity contribution < 1.29 is 9.18 Å². The minimum absolute atomic E-state index is 0.114. The Hall–Kier alpha value is -3.02. The Labute approximate surface area is 145 Å². The van der Waals surface area contributed by atoms with Gasteiger partial charge in [0, 0.05) is 0 Å². The molecule has 0 radical (unpaired) electrons. The number of amides is 1. The zero-order chi connectivity index (χ0) is 18.0. The third-order valence-electron chi connectivity index (χ3n) is 4.04. The summed E-state index contributed by atoms with van der Waals surface area (Å²) in [6, 6.07) is 13.9. The second kappa shape index (κ2) is 6.84. The monoisotopic (exact) mass is 338 g/mol. The normalized spacial score (nSPS) is 10.9. The van der Waals surface area contributed by atoms with E-state index in [1.807, 2.05) is 24.3 Å². The minimum atomic E-state index is -0.495. The van der Waals surface area contributed by atoms with Crippen LogP contribution in [0.1, 0.15) is 41.5 Å². The molecule has 0 unspecified atom stereocenters. The molecule has 0 saturated carbocycles. The molecule has 6 heteroatoms. The first-order valence-corrected chi connectivity index (χ1v) is 8.06. The Morgan fingerprint density at radius 2 is 1.80 bits per heavy atom. The van der Waals surface area contributed by atoms with Crippen molar-refractivity contribution in [3.63, 3.8) is 0 Å². The SMILES string of the molecule is Cc1c(C(=O)Nc2ccccc2F)nnn1-c1ccc(C(C)C)cc1. The number of benzene rings is 2. The summed E-state index contributed by atoms with van der Waals surface area (Å²) in [6.45, 7) is 6.01. The molecule has 1 heterocycles. The third-order valence-corrected chi connectivity index (χ3v) is 4.04. The fourth-order valence-electron chi connectivity index (χ4n) is 2.53. The number of hydrogen-bond donors (Lipinski definition) is 1. The lowest BCUT2D eigenvalue weighted by Gasteiger charge is -2.08. The molecule has 3 aromatic rings. The molecule has 1 amide bonds. The molecule has 0 aliphatic carbocycles. The highest BCUT2D eigenvalue weighted by Gasteiger charge is 2.18. The van der Waals surface area contributed by atoms with Gasteiger partial charge in [-0.2, -0.15) is 0 Å². The number of halogens is 1. The Morgan fingerprint density at radius 1 is 1.12 bits per heavy atom. The summed E-state index contributed by atoms with van der Waals surface area (Å²) in [7, 11) is 0. The van der Waals surface area contributed by atoms with Crippen molar-refractivity contribution in [1.82, 2.24) is 15.0 Å². The number of anilines is 1. The molecule has 0 aliphatic heterocycles. The molecule has 25 heavy (non-hydrogen) atoms. The smallest absolute Gasteiger partial charge is 0.278 e. The van der Waals surface area contributed by atoms with Gasteiger partial charge < -0.3 is 5.32 Å². The number of aromatic nitrogens is 3. The zero-order valence-electron chi connectivity index (χ0n) is 14.3. The molecular formula is C19H19FN4O. The van der Waals surface area contributed by atoms with Gasteiger partial charge in [0.2, 0.25) is 0 Å². The van der Waals surface area contributed by atoms with Gasteiger partial charge >= 0.3 is 0 Å². The number of carbonyl (C=O) groups is 1. The maximum atomic E-state index is 13.7. The van der Waals surface area contributed by atoms with Crippen LogP contribution in [0.5, 0.6) is 0 Å². The van der Waals surface area contributed by atoms with E-state index in [4.69, 9.17) is 0 Å². The van der Waals surface area contributed by atoms with Crippen LogP contribution < -0.4 is 5.32 Å². The van der Waals surface area contributed by atoms with Crippen molar-refractivity contribution in [2.75, 3.05) is 5.32 Å². The molecule has 0 spiro atoms. The van der Waals surface area contributed by atoms with Crippen molar-refractivity contribution >= 4 is 11.6 Å². The first-order chi connectivity index (χ1) is 12.0. The molecule has 3 rings (SSSR count). The van der Waals surface area contributed by atoms with Crippen LogP contribution in [0.2, 0.25) is 0 Å².